The molecular weight excluding hydrogens is 334 g/mol. The Balaban J connectivity index is -0.0000000720. The van der Waals surface area contributed by atoms with Crippen LogP contribution >= 0.6 is 0 Å². The second kappa shape index (κ2) is 15.4. The van der Waals surface area contributed by atoms with Gasteiger partial charge < -0.3 is 24.8 Å². The minimum absolute atomic E-state index is 0. The van der Waals surface area contributed by atoms with Crippen molar-refractivity contribution in [2.24, 2.45) is 0 Å². The number of hydrogen-bond acceptors (Lipinski definition) is 0. The van der Waals surface area contributed by atoms with Crippen LogP contribution in [-0.4, -0.2) is 11.0 Å². The summed E-state index contributed by atoms with van der Waals surface area (Å²) in [6.45, 7) is 4.17. The summed E-state index contributed by atoms with van der Waals surface area (Å²) in [5.74, 6) is 0. The summed E-state index contributed by atoms with van der Waals surface area (Å²) >= 11 is 0. The van der Waals surface area contributed by atoms with Crippen LogP contribution < -0.4 is 24.8 Å². The van der Waals surface area contributed by atoms with Crippen molar-refractivity contribution in [3.63, 3.8) is 0 Å². The molecule has 16 heavy (non-hydrogen) atoms. The zero-order valence-corrected chi connectivity index (χ0v) is 15.8. The summed E-state index contributed by atoms with van der Waals surface area (Å²) in [5.41, 5.74) is 2.69. The van der Waals surface area contributed by atoms with Gasteiger partial charge in [-0.2, -0.15) is 35.4 Å². The Morgan fingerprint density at radius 2 is 0.812 bits per heavy atom. The topological polar surface area (TPSA) is 0 Å². The third-order valence-electron chi connectivity index (χ3n) is 1.66. The van der Waals surface area contributed by atoms with Crippen LogP contribution in [0.4, 0.5) is 0 Å². The van der Waals surface area contributed by atoms with Crippen molar-refractivity contribution in [1.82, 2.24) is 0 Å². The molecule has 0 nitrogen and oxygen atoms in total. The van der Waals surface area contributed by atoms with E-state index in [1.165, 1.54) is 11.1 Å². The van der Waals surface area contributed by atoms with Crippen LogP contribution in [0, 0.1) is 13.8 Å². The summed E-state index contributed by atoms with van der Waals surface area (Å²) in [6, 6.07) is 16.5. The average molecular weight is 351 g/mol. The van der Waals surface area contributed by atoms with E-state index >= 15 is 0 Å². The minimum Gasteiger partial charge on any atom is -1.00 e. The Hall–Kier alpha value is 0.380. The van der Waals surface area contributed by atoms with E-state index in [9.17, 15) is 0 Å². The van der Waals surface area contributed by atoms with E-state index in [0.717, 1.165) is 0 Å². The summed E-state index contributed by atoms with van der Waals surface area (Å²) in [4.78, 5) is 0. The van der Waals surface area contributed by atoms with Gasteiger partial charge in [-0.1, -0.05) is 13.8 Å². The molecule has 0 saturated heterocycles. The van der Waals surface area contributed by atoms with Gasteiger partial charge >= 0.3 is 26.2 Å². The standard InChI is InChI=1S/2C6H7.2ClH.H3Si.Zr/c2*1-6-4-2-3-5-6;;;;/h2*2-5H,1H3;2*1H;1H3;/q2*-1;;;;+4/p-2. The summed E-state index contributed by atoms with van der Waals surface area (Å²) in [7, 11) is 0. The smallest absolute Gasteiger partial charge is 1.00 e. The van der Waals surface area contributed by atoms with Crippen molar-refractivity contribution in [2.75, 3.05) is 0 Å². The number of aryl methyl sites for hydroxylation is 2. The Morgan fingerprint density at radius 3 is 0.875 bits per heavy atom. The van der Waals surface area contributed by atoms with E-state index in [1.54, 1.807) is 0 Å². The van der Waals surface area contributed by atoms with E-state index in [2.05, 4.69) is 38.1 Å². The van der Waals surface area contributed by atoms with E-state index < -0.39 is 0 Å². The van der Waals surface area contributed by atoms with Crippen molar-refractivity contribution < 1.29 is 51.0 Å². The van der Waals surface area contributed by atoms with Crippen LogP contribution in [0.3, 0.4) is 0 Å². The van der Waals surface area contributed by atoms with Gasteiger partial charge in [0.05, 0.1) is 0 Å². The average Bonchev–Trinajstić information content (AvgIpc) is 2.63. The molecule has 4 heteroatoms. The first-order valence-corrected chi connectivity index (χ1v) is 4.15. The van der Waals surface area contributed by atoms with Gasteiger partial charge in [0.15, 0.2) is 0 Å². The molecular formula is C12H17Cl2SiZr. The predicted octanol–water partition coefficient (Wildman–Crippen LogP) is -3.75. The second-order valence-electron chi connectivity index (χ2n) is 2.92. The SMILES string of the molecule is C[c-]1cccc1.C[c-]1cccc1.[Cl-].[Cl-].[SiH3].[Zr+4]. The van der Waals surface area contributed by atoms with E-state index in [0.29, 0.717) is 0 Å². The molecule has 0 bridgehead atoms. The molecule has 0 N–H and O–H groups in total. The third-order valence-corrected chi connectivity index (χ3v) is 1.66. The summed E-state index contributed by atoms with van der Waals surface area (Å²) in [5, 5.41) is 0. The summed E-state index contributed by atoms with van der Waals surface area (Å²) < 4.78 is 0. The molecule has 0 aliphatic carbocycles. The van der Waals surface area contributed by atoms with Crippen molar-refractivity contribution >= 4 is 11.0 Å². The van der Waals surface area contributed by atoms with Crippen molar-refractivity contribution in [3.05, 3.63) is 59.7 Å². The zero-order chi connectivity index (χ0) is 8.81. The van der Waals surface area contributed by atoms with E-state index in [-0.39, 0.29) is 62.0 Å². The first-order chi connectivity index (χ1) is 5.79. The first-order valence-electron chi connectivity index (χ1n) is 4.15. The molecule has 0 aromatic heterocycles. The maximum Gasteiger partial charge on any atom is 4.00 e. The molecule has 0 spiro atoms. The predicted molar refractivity (Wildman–Crippen MR) is 63.5 cm³/mol. The molecule has 87 valence electrons. The van der Waals surface area contributed by atoms with Gasteiger partial charge in [-0.25, -0.2) is 24.3 Å². The van der Waals surface area contributed by atoms with Crippen LogP contribution in [0.25, 0.3) is 0 Å². The Kier molecular flexibility index (Phi) is 24.3. The molecule has 0 atom stereocenters. The van der Waals surface area contributed by atoms with Crippen molar-refractivity contribution in [2.45, 2.75) is 13.8 Å². The fourth-order valence-electron chi connectivity index (χ4n) is 0.940. The Bertz CT molecular complexity index is 258. The molecule has 0 aliphatic heterocycles. The third kappa shape index (κ3) is 12.4. The van der Waals surface area contributed by atoms with E-state index in [4.69, 9.17) is 0 Å². The van der Waals surface area contributed by atoms with E-state index in [1.807, 2.05) is 24.3 Å². The van der Waals surface area contributed by atoms with Crippen LogP contribution in [0.1, 0.15) is 11.1 Å². The monoisotopic (exact) mass is 349 g/mol. The molecule has 1 radical (unpaired) electrons. The normalized spacial score (nSPS) is 6.62. The number of halogens is 2. The molecule has 0 saturated carbocycles. The number of rotatable bonds is 0. The summed E-state index contributed by atoms with van der Waals surface area (Å²) in [6.07, 6.45) is 0. The molecule has 0 aliphatic rings. The van der Waals surface area contributed by atoms with Crippen LogP contribution in [0.5, 0.6) is 0 Å². The maximum absolute atomic E-state index is 2.08. The molecule has 0 heterocycles. The van der Waals surface area contributed by atoms with Gasteiger partial charge in [-0.05, 0) is 11.0 Å². The quantitative estimate of drug-likeness (QED) is 0.338. The van der Waals surface area contributed by atoms with Crippen LogP contribution in [-0.2, 0) is 26.2 Å². The van der Waals surface area contributed by atoms with Crippen LogP contribution in [0.15, 0.2) is 48.5 Å². The molecule has 2 aromatic carbocycles. The fourth-order valence-corrected chi connectivity index (χ4v) is 0.940. The molecule has 2 aromatic rings. The van der Waals surface area contributed by atoms with Gasteiger partial charge in [0.1, 0.15) is 0 Å². The van der Waals surface area contributed by atoms with Gasteiger partial charge in [-0.3, -0.25) is 0 Å². The van der Waals surface area contributed by atoms with Crippen molar-refractivity contribution in [1.29, 1.82) is 0 Å². The molecule has 0 unspecified atom stereocenters. The Morgan fingerprint density at radius 1 is 0.625 bits per heavy atom. The van der Waals surface area contributed by atoms with Crippen molar-refractivity contribution in [3.8, 4) is 0 Å². The van der Waals surface area contributed by atoms with Gasteiger partial charge in [0.2, 0.25) is 0 Å². The van der Waals surface area contributed by atoms with Gasteiger partial charge in [-0.15, -0.1) is 0 Å². The number of hydrogen-bond donors (Lipinski definition) is 0. The van der Waals surface area contributed by atoms with Gasteiger partial charge in [0.25, 0.3) is 0 Å². The largest absolute Gasteiger partial charge is 4.00 e. The molecule has 0 fully saturated rings. The minimum atomic E-state index is 0. The first kappa shape index (κ1) is 25.3. The molecule has 0 amide bonds. The van der Waals surface area contributed by atoms with Crippen LogP contribution in [0.2, 0.25) is 0 Å². The Labute approximate surface area is 135 Å². The molecule has 2 rings (SSSR count). The van der Waals surface area contributed by atoms with Gasteiger partial charge in [0, 0.05) is 0 Å². The second-order valence-corrected chi connectivity index (χ2v) is 2.92. The maximum atomic E-state index is 2.08. The zero-order valence-electron chi connectivity index (χ0n) is 9.87. The fraction of sp³-hybridized carbons (Fsp3) is 0.167.